The molecule has 1 unspecified atom stereocenters. The van der Waals surface area contributed by atoms with Gasteiger partial charge in [-0.25, -0.2) is 9.97 Å². The van der Waals surface area contributed by atoms with Crippen LogP contribution < -0.4 is 10.6 Å². The molecule has 0 saturated heterocycles. The fourth-order valence-electron chi connectivity index (χ4n) is 2.09. The number of carbonyl (C=O) groups is 1. The van der Waals surface area contributed by atoms with E-state index in [4.69, 9.17) is 0 Å². The molecule has 0 radical (unpaired) electrons. The molecule has 3 rings (SSSR count). The predicted octanol–water partition coefficient (Wildman–Crippen LogP) is 2.54. The zero-order valence-corrected chi connectivity index (χ0v) is 11.9. The van der Waals surface area contributed by atoms with Crippen molar-refractivity contribution in [3.8, 4) is 0 Å². The van der Waals surface area contributed by atoms with Crippen LogP contribution in [0, 0.1) is 0 Å². The fraction of sp³-hybridized carbons (Fsp3) is 0.312. The van der Waals surface area contributed by atoms with Crippen molar-refractivity contribution in [1.29, 1.82) is 0 Å². The van der Waals surface area contributed by atoms with Gasteiger partial charge in [-0.05, 0) is 25.3 Å². The highest BCUT2D eigenvalue weighted by Crippen LogP contribution is 2.23. The summed E-state index contributed by atoms with van der Waals surface area (Å²) in [6.45, 7) is 1.96. The van der Waals surface area contributed by atoms with Crippen LogP contribution in [0.5, 0.6) is 0 Å². The second-order valence-corrected chi connectivity index (χ2v) is 5.31. The normalized spacial score (nSPS) is 15.3. The van der Waals surface area contributed by atoms with Gasteiger partial charge in [0.15, 0.2) is 0 Å². The van der Waals surface area contributed by atoms with Gasteiger partial charge in [0.1, 0.15) is 17.8 Å². The molecule has 5 heteroatoms. The standard InChI is InChI=1S/C16H18N4O/c1-11(12-5-3-2-4-6-12)19-16(21)14-9-15(18-10-17-14)20-13-7-8-13/h2-6,9-11,13H,7-8H2,1H3,(H,19,21)(H,17,18,20). The summed E-state index contributed by atoms with van der Waals surface area (Å²) in [4.78, 5) is 20.4. The van der Waals surface area contributed by atoms with E-state index in [1.165, 1.54) is 6.33 Å². The summed E-state index contributed by atoms with van der Waals surface area (Å²) >= 11 is 0. The fourth-order valence-corrected chi connectivity index (χ4v) is 2.09. The quantitative estimate of drug-likeness (QED) is 0.884. The van der Waals surface area contributed by atoms with Gasteiger partial charge in [-0.1, -0.05) is 30.3 Å². The second kappa shape index (κ2) is 5.91. The molecule has 0 spiro atoms. The van der Waals surface area contributed by atoms with Gasteiger partial charge in [0.05, 0.1) is 6.04 Å². The van der Waals surface area contributed by atoms with Crippen molar-refractivity contribution in [2.75, 3.05) is 5.32 Å². The first-order valence-corrected chi connectivity index (χ1v) is 7.17. The summed E-state index contributed by atoms with van der Waals surface area (Å²) in [6, 6.07) is 12.0. The molecule has 1 aromatic heterocycles. The number of nitrogens with zero attached hydrogens (tertiary/aromatic N) is 2. The predicted molar refractivity (Wildman–Crippen MR) is 81.0 cm³/mol. The summed E-state index contributed by atoms with van der Waals surface area (Å²) in [5.41, 5.74) is 1.45. The Morgan fingerprint density at radius 3 is 2.71 bits per heavy atom. The molecule has 0 aliphatic heterocycles. The van der Waals surface area contributed by atoms with Crippen LogP contribution in [-0.2, 0) is 0 Å². The zero-order chi connectivity index (χ0) is 14.7. The first kappa shape index (κ1) is 13.5. The van der Waals surface area contributed by atoms with E-state index in [0.717, 1.165) is 18.4 Å². The highest BCUT2D eigenvalue weighted by Gasteiger charge is 2.22. The first-order chi connectivity index (χ1) is 10.2. The largest absolute Gasteiger partial charge is 0.367 e. The smallest absolute Gasteiger partial charge is 0.270 e. The lowest BCUT2D eigenvalue weighted by atomic mass is 10.1. The molecule has 1 aliphatic rings. The molecule has 1 atom stereocenters. The molecule has 1 aliphatic carbocycles. The SMILES string of the molecule is CC(NC(=O)c1cc(NC2CC2)ncn1)c1ccccc1. The molecule has 1 aromatic carbocycles. The number of rotatable bonds is 5. The highest BCUT2D eigenvalue weighted by atomic mass is 16.1. The minimum atomic E-state index is -0.187. The Labute approximate surface area is 123 Å². The Hall–Kier alpha value is -2.43. The van der Waals surface area contributed by atoms with Crippen LogP contribution in [0.15, 0.2) is 42.7 Å². The van der Waals surface area contributed by atoms with Crippen LogP contribution in [0.3, 0.4) is 0 Å². The maximum absolute atomic E-state index is 12.3. The van der Waals surface area contributed by atoms with Crippen molar-refractivity contribution in [2.24, 2.45) is 0 Å². The van der Waals surface area contributed by atoms with Crippen LogP contribution in [-0.4, -0.2) is 21.9 Å². The third kappa shape index (κ3) is 3.56. The molecule has 21 heavy (non-hydrogen) atoms. The highest BCUT2D eigenvalue weighted by molar-refractivity contribution is 5.93. The lowest BCUT2D eigenvalue weighted by molar-refractivity contribution is 0.0934. The molecule has 1 heterocycles. The van der Waals surface area contributed by atoms with Crippen molar-refractivity contribution < 1.29 is 4.79 Å². The molecule has 1 fully saturated rings. The van der Waals surface area contributed by atoms with Crippen LogP contribution >= 0.6 is 0 Å². The van der Waals surface area contributed by atoms with Crippen molar-refractivity contribution in [2.45, 2.75) is 31.8 Å². The van der Waals surface area contributed by atoms with Crippen LogP contribution in [0.1, 0.15) is 41.9 Å². The van der Waals surface area contributed by atoms with Gasteiger partial charge < -0.3 is 10.6 Å². The zero-order valence-electron chi connectivity index (χ0n) is 11.9. The van der Waals surface area contributed by atoms with E-state index in [2.05, 4.69) is 20.6 Å². The number of aromatic nitrogens is 2. The van der Waals surface area contributed by atoms with E-state index in [1.54, 1.807) is 6.07 Å². The molecule has 2 N–H and O–H groups in total. The third-order valence-electron chi connectivity index (χ3n) is 3.48. The number of nitrogens with one attached hydrogen (secondary N) is 2. The van der Waals surface area contributed by atoms with Crippen molar-refractivity contribution in [3.05, 3.63) is 54.0 Å². The molecule has 2 aromatic rings. The van der Waals surface area contributed by atoms with E-state index in [9.17, 15) is 4.79 Å². The maximum atomic E-state index is 12.3. The Morgan fingerprint density at radius 1 is 1.24 bits per heavy atom. The van der Waals surface area contributed by atoms with Crippen LogP contribution in [0.2, 0.25) is 0 Å². The number of hydrogen-bond donors (Lipinski definition) is 2. The average Bonchev–Trinajstić information content (AvgIpc) is 3.32. The molecule has 1 saturated carbocycles. The van der Waals surface area contributed by atoms with E-state index < -0.39 is 0 Å². The lowest BCUT2D eigenvalue weighted by Crippen LogP contribution is -2.27. The summed E-state index contributed by atoms with van der Waals surface area (Å²) in [6.07, 6.45) is 3.75. The Bertz CT molecular complexity index is 625. The number of amides is 1. The first-order valence-electron chi connectivity index (χ1n) is 7.17. The van der Waals surface area contributed by atoms with E-state index in [-0.39, 0.29) is 11.9 Å². The van der Waals surface area contributed by atoms with Gasteiger partial charge in [0.25, 0.3) is 5.91 Å². The number of carbonyl (C=O) groups excluding carboxylic acids is 1. The van der Waals surface area contributed by atoms with E-state index >= 15 is 0 Å². The molecule has 108 valence electrons. The molecular weight excluding hydrogens is 264 g/mol. The molecule has 0 bridgehead atoms. The van der Waals surface area contributed by atoms with Gasteiger partial charge in [-0.15, -0.1) is 0 Å². The maximum Gasteiger partial charge on any atom is 0.270 e. The number of hydrogen-bond acceptors (Lipinski definition) is 4. The minimum absolute atomic E-state index is 0.0616. The summed E-state index contributed by atoms with van der Waals surface area (Å²) in [7, 11) is 0. The Morgan fingerprint density at radius 2 is 2.00 bits per heavy atom. The molecule has 1 amide bonds. The second-order valence-electron chi connectivity index (χ2n) is 5.31. The van der Waals surface area contributed by atoms with E-state index in [0.29, 0.717) is 17.6 Å². The van der Waals surface area contributed by atoms with Crippen molar-refractivity contribution >= 4 is 11.7 Å². The summed E-state index contributed by atoms with van der Waals surface area (Å²) in [5, 5.41) is 6.22. The third-order valence-corrected chi connectivity index (χ3v) is 3.48. The topological polar surface area (TPSA) is 66.9 Å². The van der Waals surface area contributed by atoms with Gasteiger partial charge in [0.2, 0.25) is 0 Å². The molecular formula is C16H18N4O. The number of benzene rings is 1. The Balaban J connectivity index is 1.67. The van der Waals surface area contributed by atoms with Gasteiger partial charge in [-0.3, -0.25) is 4.79 Å². The van der Waals surface area contributed by atoms with Crippen LogP contribution in [0.25, 0.3) is 0 Å². The average molecular weight is 282 g/mol. The summed E-state index contributed by atoms with van der Waals surface area (Å²) < 4.78 is 0. The minimum Gasteiger partial charge on any atom is -0.367 e. The van der Waals surface area contributed by atoms with Gasteiger partial charge in [0, 0.05) is 12.1 Å². The lowest BCUT2D eigenvalue weighted by Gasteiger charge is -2.14. The summed E-state index contributed by atoms with van der Waals surface area (Å²) in [5.74, 6) is 0.526. The van der Waals surface area contributed by atoms with Crippen molar-refractivity contribution in [1.82, 2.24) is 15.3 Å². The number of anilines is 1. The van der Waals surface area contributed by atoms with Crippen molar-refractivity contribution in [3.63, 3.8) is 0 Å². The van der Waals surface area contributed by atoms with Gasteiger partial charge in [-0.2, -0.15) is 0 Å². The van der Waals surface area contributed by atoms with Gasteiger partial charge >= 0.3 is 0 Å². The Kier molecular flexibility index (Phi) is 3.81. The molecule has 5 nitrogen and oxygen atoms in total. The monoisotopic (exact) mass is 282 g/mol. The van der Waals surface area contributed by atoms with E-state index in [1.807, 2.05) is 37.3 Å². The van der Waals surface area contributed by atoms with Crippen LogP contribution in [0.4, 0.5) is 5.82 Å².